The number of hydrogen-bond donors (Lipinski definition) is 1. The molecule has 0 bridgehead atoms. The first kappa shape index (κ1) is 9.58. The molecule has 0 aromatic heterocycles. The van der Waals surface area contributed by atoms with Gasteiger partial charge >= 0.3 is 0 Å². The van der Waals surface area contributed by atoms with Gasteiger partial charge in [-0.1, -0.05) is 7.60 Å². The first-order chi connectivity index (χ1) is 4.42. The number of nitrogens with one attached hydrogen (secondary N) is 1. The van der Waals surface area contributed by atoms with E-state index in [-0.39, 0.29) is 0 Å². The average molecular weight is 166 g/mol. The largest absolute Gasteiger partial charge is 0.810 e. The van der Waals surface area contributed by atoms with Crippen molar-refractivity contribution in [3.63, 3.8) is 0 Å². The Morgan fingerprint density at radius 3 is 2.30 bits per heavy atom. The van der Waals surface area contributed by atoms with E-state index in [9.17, 15) is 24.3 Å². The molecular formula is C3H5NO5P-3. The van der Waals surface area contributed by atoms with Crippen molar-refractivity contribution in [3.05, 3.63) is 0 Å². The molecule has 0 aliphatic carbocycles. The third kappa shape index (κ3) is 7.58. The minimum atomic E-state index is -4.62. The minimum absolute atomic E-state index is 0.630. The summed E-state index contributed by atoms with van der Waals surface area (Å²) in [6.07, 6.45) is -0.860. The van der Waals surface area contributed by atoms with Crippen molar-refractivity contribution in [2.24, 2.45) is 0 Å². The number of rotatable bonds is 4. The highest BCUT2D eigenvalue weighted by atomic mass is 31.2. The van der Waals surface area contributed by atoms with E-state index in [1.165, 1.54) is 0 Å². The van der Waals surface area contributed by atoms with Crippen LogP contribution in [0.25, 0.3) is 0 Å². The molecule has 0 saturated heterocycles. The second-order valence-corrected chi connectivity index (χ2v) is 3.11. The van der Waals surface area contributed by atoms with Crippen molar-refractivity contribution in [3.8, 4) is 0 Å². The maximum absolute atomic E-state index is 9.81. The minimum Gasteiger partial charge on any atom is -0.810 e. The molecule has 0 unspecified atom stereocenters. The predicted molar refractivity (Wildman–Crippen MR) is 25.5 cm³/mol. The van der Waals surface area contributed by atoms with E-state index in [0.29, 0.717) is 0 Å². The van der Waals surface area contributed by atoms with Crippen molar-refractivity contribution in [2.75, 3.05) is 12.8 Å². The lowest BCUT2D eigenvalue weighted by Crippen LogP contribution is -2.37. The van der Waals surface area contributed by atoms with Gasteiger partial charge in [-0.3, -0.25) is 0 Å². The fraction of sp³-hybridized carbons (Fsp3) is 0.667. The molecule has 0 fully saturated rings. The molecule has 1 N–H and O–H groups in total. The Morgan fingerprint density at radius 1 is 1.50 bits per heavy atom. The lowest BCUT2D eigenvalue weighted by Gasteiger charge is -2.29. The number of carbonyl (C=O) groups excluding carboxylic acids is 1. The van der Waals surface area contributed by atoms with Crippen LogP contribution in [0.1, 0.15) is 0 Å². The van der Waals surface area contributed by atoms with E-state index >= 15 is 0 Å². The summed E-state index contributed by atoms with van der Waals surface area (Å²) in [4.78, 5) is 29.2. The van der Waals surface area contributed by atoms with Crippen LogP contribution in [0.2, 0.25) is 0 Å². The summed E-state index contributed by atoms with van der Waals surface area (Å²) in [5.74, 6) is -1.45. The number of carbonyl (C=O) groups is 1. The van der Waals surface area contributed by atoms with Crippen LogP contribution in [0.3, 0.4) is 0 Å². The topological polar surface area (TPSA) is 115 Å². The third-order valence-corrected chi connectivity index (χ3v) is 1.19. The number of carboxylic acid groups (broad SMARTS) is 1. The zero-order valence-electron chi connectivity index (χ0n) is 4.90. The molecule has 0 aromatic rings. The lowest BCUT2D eigenvalue weighted by atomic mass is 10.7. The van der Waals surface area contributed by atoms with Crippen molar-refractivity contribution in [1.82, 2.24) is 5.32 Å². The van der Waals surface area contributed by atoms with E-state index in [1.807, 2.05) is 5.32 Å². The van der Waals surface area contributed by atoms with Gasteiger partial charge in [-0.15, -0.1) is 0 Å². The normalized spacial score (nSPS) is 11.4. The Hall–Kier alpha value is -0.420. The maximum atomic E-state index is 9.81. The van der Waals surface area contributed by atoms with E-state index < -0.39 is 26.4 Å². The first-order valence-corrected chi connectivity index (χ1v) is 4.06. The van der Waals surface area contributed by atoms with Gasteiger partial charge in [0.2, 0.25) is 0 Å². The van der Waals surface area contributed by atoms with Crippen LogP contribution in [0.5, 0.6) is 0 Å². The van der Waals surface area contributed by atoms with Crippen LogP contribution in [-0.2, 0) is 9.36 Å². The molecule has 10 heavy (non-hydrogen) atoms. The summed E-state index contributed by atoms with van der Waals surface area (Å²) in [5, 5.41) is 11.5. The Labute approximate surface area is 57.0 Å². The van der Waals surface area contributed by atoms with Gasteiger partial charge in [0.15, 0.2) is 0 Å². The van der Waals surface area contributed by atoms with Crippen molar-refractivity contribution in [1.29, 1.82) is 0 Å². The molecule has 60 valence electrons. The molecular weight excluding hydrogens is 161 g/mol. The van der Waals surface area contributed by atoms with Crippen LogP contribution in [-0.4, -0.2) is 18.8 Å². The van der Waals surface area contributed by atoms with Gasteiger partial charge in [0.25, 0.3) is 0 Å². The molecule has 0 aliphatic rings. The summed E-state index contributed by atoms with van der Waals surface area (Å²) in [6.45, 7) is -0.630. The standard InChI is InChI=1S/C3H8NO5P/c5-3(6)1-4-2-10(7,8)9/h4H,1-2H2,(H,5,6)(H2,7,8,9)/p-3. The lowest BCUT2D eigenvalue weighted by molar-refractivity contribution is -0.314. The molecule has 0 amide bonds. The van der Waals surface area contributed by atoms with E-state index in [1.54, 1.807) is 0 Å². The molecule has 0 heterocycles. The van der Waals surface area contributed by atoms with Crippen molar-refractivity contribution in [2.45, 2.75) is 0 Å². The Kier molecular flexibility index (Phi) is 3.52. The van der Waals surface area contributed by atoms with Crippen molar-refractivity contribution >= 4 is 13.6 Å². The molecule has 0 aliphatic heterocycles. The third-order valence-electron chi connectivity index (χ3n) is 0.575. The second kappa shape index (κ2) is 3.68. The van der Waals surface area contributed by atoms with Crippen LogP contribution < -0.4 is 20.2 Å². The number of aliphatic carboxylic acids is 1. The molecule has 0 radical (unpaired) electrons. The summed E-state index contributed by atoms with van der Waals surface area (Å²) in [5.41, 5.74) is 0. The fourth-order valence-corrected chi connectivity index (χ4v) is 0.681. The summed E-state index contributed by atoms with van der Waals surface area (Å²) < 4.78 is 9.81. The molecule has 7 heteroatoms. The smallest absolute Gasteiger partial charge is 0.0552 e. The highest BCUT2D eigenvalue weighted by Gasteiger charge is 1.89. The monoisotopic (exact) mass is 166 g/mol. The van der Waals surface area contributed by atoms with Gasteiger partial charge in [0.05, 0.1) is 5.97 Å². The molecule has 0 aromatic carbocycles. The van der Waals surface area contributed by atoms with Gasteiger partial charge in [-0.25, -0.2) is 0 Å². The molecule has 0 spiro atoms. The molecule has 0 rings (SSSR count). The molecule has 0 atom stereocenters. The van der Waals surface area contributed by atoms with Crippen molar-refractivity contribution < 1.29 is 24.3 Å². The van der Waals surface area contributed by atoms with Gasteiger partial charge in [0, 0.05) is 12.8 Å². The Bertz CT molecular complexity index is 162. The zero-order valence-corrected chi connectivity index (χ0v) is 5.80. The maximum Gasteiger partial charge on any atom is 0.0552 e. The molecule has 6 nitrogen and oxygen atoms in total. The zero-order chi connectivity index (χ0) is 8.20. The SMILES string of the molecule is O=C([O-])CNCP(=O)([O-])[O-]. The van der Waals surface area contributed by atoms with E-state index in [2.05, 4.69) is 0 Å². The van der Waals surface area contributed by atoms with Gasteiger partial charge in [-0.2, -0.15) is 0 Å². The van der Waals surface area contributed by atoms with Crippen LogP contribution in [0.4, 0.5) is 0 Å². The van der Waals surface area contributed by atoms with Crippen LogP contribution in [0, 0.1) is 0 Å². The second-order valence-electron chi connectivity index (χ2n) is 1.57. The quantitative estimate of drug-likeness (QED) is 0.428. The van der Waals surface area contributed by atoms with Gasteiger partial charge < -0.3 is 29.6 Å². The Morgan fingerprint density at radius 2 is 2.00 bits per heavy atom. The number of carboxylic acids is 1. The molecule has 0 saturated carbocycles. The predicted octanol–water partition coefficient (Wildman–Crippen LogP) is -3.80. The Balaban J connectivity index is 3.39. The highest BCUT2D eigenvalue weighted by molar-refractivity contribution is 7.48. The van der Waals surface area contributed by atoms with E-state index in [0.717, 1.165) is 0 Å². The summed E-state index contributed by atoms with van der Waals surface area (Å²) in [6, 6.07) is 0. The van der Waals surface area contributed by atoms with E-state index in [4.69, 9.17) is 0 Å². The van der Waals surface area contributed by atoms with Gasteiger partial charge in [-0.05, 0) is 0 Å². The van der Waals surface area contributed by atoms with Crippen LogP contribution >= 0.6 is 7.60 Å². The first-order valence-electron chi connectivity index (χ1n) is 2.33. The highest BCUT2D eigenvalue weighted by Crippen LogP contribution is 2.18. The average Bonchev–Trinajstić information content (AvgIpc) is 1.59. The fourth-order valence-electron chi connectivity index (χ4n) is 0.295. The van der Waals surface area contributed by atoms with Gasteiger partial charge in [0.1, 0.15) is 0 Å². The summed E-state index contributed by atoms with van der Waals surface area (Å²) in [7, 11) is -4.62. The number of hydrogen-bond acceptors (Lipinski definition) is 6. The summed E-state index contributed by atoms with van der Waals surface area (Å²) >= 11 is 0. The van der Waals surface area contributed by atoms with Crippen LogP contribution in [0.15, 0.2) is 0 Å².